The average molecular weight is 596 g/mol. The number of carbonyl (C=O) groups excluding carboxylic acids is 3. The lowest BCUT2D eigenvalue weighted by Gasteiger charge is -2.29. The number of benzene rings is 3. The molecule has 1 fully saturated rings. The molecule has 10 nitrogen and oxygen atoms in total. The van der Waals surface area contributed by atoms with Crippen molar-refractivity contribution in [3.05, 3.63) is 108 Å². The quantitative estimate of drug-likeness (QED) is 0.169. The number of aliphatic carboxylic acids is 1. The zero-order chi connectivity index (χ0) is 31.1. The van der Waals surface area contributed by atoms with E-state index in [0.29, 0.717) is 19.4 Å². The number of H-pyrrole nitrogens is 1. The number of carbonyl (C=O) groups is 4. The third kappa shape index (κ3) is 7.33. The molecule has 1 aliphatic rings. The Hall–Kier alpha value is -4.96. The molecule has 228 valence electrons. The van der Waals surface area contributed by atoms with Gasteiger partial charge in [-0.2, -0.15) is 0 Å². The molecule has 5 rings (SSSR count). The Bertz CT molecular complexity index is 1610. The first kappa shape index (κ1) is 30.5. The topological polar surface area (TPSA) is 158 Å². The normalized spacial score (nSPS) is 16.7. The van der Waals surface area contributed by atoms with Gasteiger partial charge in [-0.3, -0.25) is 14.4 Å². The highest BCUT2D eigenvalue weighted by Crippen LogP contribution is 2.21. The number of hydrogen-bond acceptors (Lipinski definition) is 5. The molecule has 0 saturated carbocycles. The summed E-state index contributed by atoms with van der Waals surface area (Å²) in [5.41, 5.74) is 9.67. The van der Waals surface area contributed by atoms with E-state index >= 15 is 0 Å². The number of fused-ring (bicyclic) bond motifs is 1. The lowest BCUT2D eigenvalue weighted by Crippen LogP contribution is -2.58. The summed E-state index contributed by atoms with van der Waals surface area (Å²) in [6.07, 6.45) is 3.31. The van der Waals surface area contributed by atoms with Gasteiger partial charge in [0.25, 0.3) is 0 Å². The summed E-state index contributed by atoms with van der Waals surface area (Å²) in [7, 11) is 0. The monoisotopic (exact) mass is 595 g/mol. The molecule has 6 N–H and O–H groups in total. The first-order chi connectivity index (χ1) is 21.3. The van der Waals surface area contributed by atoms with Gasteiger partial charge in [-0.15, -0.1) is 0 Å². The smallest absolute Gasteiger partial charge is 0.326 e. The predicted molar refractivity (Wildman–Crippen MR) is 167 cm³/mol. The number of aromatic amines is 1. The van der Waals surface area contributed by atoms with Crippen molar-refractivity contribution in [1.29, 1.82) is 0 Å². The summed E-state index contributed by atoms with van der Waals surface area (Å²) >= 11 is 0. The van der Waals surface area contributed by atoms with Gasteiger partial charge in [-0.1, -0.05) is 78.9 Å². The SMILES string of the molecule is NC(Cc1ccccc1)C(=O)NC(Cc1c[nH]c2ccccc12)C(=O)NC(Cc1ccccc1)C(=O)N1CCCC1C(=O)O. The first-order valence-electron chi connectivity index (χ1n) is 14.8. The highest BCUT2D eigenvalue weighted by molar-refractivity contribution is 5.95. The second kappa shape index (κ2) is 14.0. The van der Waals surface area contributed by atoms with E-state index in [1.54, 1.807) is 6.20 Å². The highest BCUT2D eigenvalue weighted by Gasteiger charge is 2.38. The second-order valence-corrected chi connectivity index (χ2v) is 11.2. The second-order valence-electron chi connectivity index (χ2n) is 11.2. The Labute approximate surface area is 255 Å². The first-order valence-corrected chi connectivity index (χ1v) is 14.8. The predicted octanol–water partition coefficient (Wildman–Crippen LogP) is 2.57. The van der Waals surface area contributed by atoms with Crippen LogP contribution in [0.1, 0.15) is 29.5 Å². The molecule has 0 radical (unpaired) electrons. The number of nitrogens with zero attached hydrogens (tertiary/aromatic N) is 1. The van der Waals surface area contributed by atoms with E-state index < -0.39 is 47.9 Å². The Balaban J connectivity index is 1.40. The van der Waals surface area contributed by atoms with Gasteiger partial charge in [-0.05, 0) is 42.0 Å². The zero-order valence-electron chi connectivity index (χ0n) is 24.3. The molecule has 10 heteroatoms. The maximum Gasteiger partial charge on any atom is 0.326 e. The summed E-state index contributed by atoms with van der Waals surface area (Å²) in [6, 6.07) is 22.3. The van der Waals surface area contributed by atoms with E-state index in [0.717, 1.165) is 27.6 Å². The summed E-state index contributed by atoms with van der Waals surface area (Å²) in [5, 5.41) is 16.3. The molecule has 4 aromatic rings. The van der Waals surface area contributed by atoms with Gasteiger partial charge >= 0.3 is 5.97 Å². The van der Waals surface area contributed by atoms with Crippen LogP contribution in [-0.4, -0.2) is 69.4 Å². The molecule has 1 aliphatic heterocycles. The van der Waals surface area contributed by atoms with Gasteiger partial charge in [0.1, 0.15) is 18.1 Å². The molecule has 3 aromatic carbocycles. The van der Waals surface area contributed by atoms with Crippen LogP contribution in [0.2, 0.25) is 0 Å². The van der Waals surface area contributed by atoms with Crippen molar-refractivity contribution in [3.8, 4) is 0 Å². The Kier molecular flexibility index (Phi) is 9.71. The van der Waals surface area contributed by atoms with Crippen LogP contribution in [0, 0.1) is 0 Å². The maximum atomic E-state index is 14.0. The van der Waals surface area contributed by atoms with Crippen molar-refractivity contribution in [1.82, 2.24) is 20.5 Å². The molecule has 4 atom stereocenters. The van der Waals surface area contributed by atoms with Gasteiger partial charge in [0.15, 0.2) is 0 Å². The standard InChI is InChI=1S/C34H37N5O5/c35-26(18-22-10-3-1-4-11-22)31(40)37-28(20-24-21-36-27-15-8-7-14-25(24)27)32(41)38-29(19-23-12-5-2-6-13-23)33(42)39-17-9-16-30(39)34(43)44/h1-8,10-15,21,26,28-30,36H,9,16-20,35H2,(H,37,40)(H,38,41)(H,43,44). The molecule has 1 saturated heterocycles. The Morgan fingerprint density at radius 1 is 0.818 bits per heavy atom. The van der Waals surface area contributed by atoms with E-state index in [1.807, 2.05) is 84.9 Å². The Morgan fingerprint density at radius 3 is 2.11 bits per heavy atom. The summed E-state index contributed by atoms with van der Waals surface area (Å²) in [6.45, 7) is 0.292. The average Bonchev–Trinajstić information content (AvgIpc) is 3.69. The fraction of sp³-hybridized carbons (Fsp3) is 0.294. The molecule has 0 bridgehead atoms. The van der Waals surface area contributed by atoms with Crippen molar-refractivity contribution < 1.29 is 24.3 Å². The zero-order valence-corrected chi connectivity index (χ0v) is 24.3. The lowest BCUT2D eigenvalue weighted by molar-refractivity contribution is -0.149. The summed E-state index contributed by atoms with van der Waals surface area (Å²) in [5.74, 6) is -2.59. The number of nitrogens with two attached hydrogens (primary N) is 1. The van der Waals surface area contributed by atoms with Crippen molar-refractivity contribution in [2.75, 3.05) is 6.54 Å². The van der Waals surface area contributed by atoms with Crippen LogP contribution in [0.4, 0.5) is 0 Å². The van der Waals surface area contributed by atoms with Crippen LogP contribution >= 0.6 is 0 Å². The van der Waals surface area contributed by atoms with Crippen molar-refractivity contribution >= 4 is 34.6 Å². The van der Waals surface area contributed by atoms with Crippen molar-refractivity contribution in [3.63, 3.8) is 0 Å². The number of nitrogens with one attached hydrogen (secondary N) is 3. The molecule has 44 heavy (non-hydrogen) atoms. The van der Waals surface area contributed by atoms with Gasteiger partial charge in [0.2, 0.25) is 17.7 Å². The summed E-state index contributed by atoms with van der Waals surface area (Å²) < 4.78 is 0. The fourth-order valence-corrected chi connectivity index (χ4v) is 5.78. The minimum Gasteiger partial charge on any atom is -0.480 e. The summed E-state index contributed by atoms with van der Waals surface area (Å²) in [4.78, 5) is 57.5. The maximum absolute atomic E-state index is 14.0. The molecule has 0 aliphatic carbocycles. The van der Waals surface area contributed by atoms with Crippen LogP contribution in [0.5, 0.6) is 0 Å². The van der Waals surface area contributed by atoms with Gasteiger partial charge in [0, 0.05) is 36.5 Å². The van der Waals surface area contributed by atoms with Crippen LogP contribution in [0.3, 0.4) is 0 Å². The largest absolute Gasteiger partial charge is 0.480 e. The minimum atomic E-state index is -1.07. The van der Waals surface area contributed by atoms with Gasteiger partial charge in [0.05, 0.1) is 6.04 Å². The molecule has 2 heterocycles. The number of carboxylic acid groups (broad SMARTS) is 1. The molecule has 0 spiro atoms. The van der Waals surface area contributed by atoms with E-state index in [9.17, 15) is 24.3 Å². The number of rotatable bonds is 12. The van der Waals surface area contributed by atoms with Crippen LogP contribution in [0.15, 0.2) is 91.1 Å². The molecule has 3 amide bonds. The lowest BCUT2D eigenvalue weighted by atomic mass is 10.0. The number of amides is 3. The van der Waals surface area contributed by atoms with Crippen LogP contribution in [0.25, 0.3) is 10.9 Å². The molecular weight excluding hydrogens is 558 g/mol. The van der Waals surface area contributed by atoms with E-state index in [1.165, 1.54) is 4.90 Å². The molecule has 4 unspecified atom stereocenters. The van der Waals surface area contributed by atoms with Gasteiger partial charge < -0.3 is 31.4 Å². The number of hydrogen-bond donors (Lipinski definition) is 5. The van der Waals surface area contributed by atoms with E-state index in [2.05, 4.69) is 15.6 Å². The van der Waals surface area contributed by atoms with E-state index in [-0.39, 0.29) is 19.3 Å². The number of likely N-dealkylation sites (tertiary alicyclic amines) is 1. The fourth-order valence-electron chi connectivity index (χ4n) is 5.78. The number of carboxylic acids is 1. The van der Waals surface area contributed by atoms with Crippen molar-refractivity contribution in [2.24, 2.45) is 5.73 Å². The number of aromatic nitrogens is 1. The highest BCUT2D eigenvalue weighted by atomic mass is 16.4. The third-order valence-corrected chi connectivity index (χ3v) is 8.09. The third-order valence-electron chi connectivity index (χ3n) is 8.09. The van der Waals surface area contributed by atoms with Gasteiger partial charge in [-0.25, -0.2) is 4.79 Å². The van der Waals surface area contributed by atoms with E-state index in [4.69, 9.17) is 5.73 Å². The van der Waals surface area contributed by atoms with Crippen LogP contribution in [-0.2, 0) is 38.4 Å². The minimum absolute atomic E-state index is 0.146. The van der Waals surface area contributed by atoms with Crippen molar-refractivity contribution in [2.45, 2.75) is 56.3 Å². The molecular formula is C34H37N5O5. The number of para-hydroxylation sites is 1. The van der Waals surface area contributed by atoms with Crippen LogP contribution < -0.4 is 16.4 Å². The molecule has 1 aromatic heterocycles. The Morgan fingerprint density at radius 2 is 1.43 bits per heavy atom.